The summed E-state index contributed by atoms with van der Waals surface area (Å²) in [6, 6.07) is 2.26. The van der Waals surface area contributed by atoms with Crippen molar-refractivity contribution in [3.05, 3.63) is 17.3 Å². The smallest absolute Gasteiger partial charge is 0.140 e. The lowest BCUT2D eigenvalue weighted by Crippen LogP contribution is -2.40. The Bertz CT molecular complexity index is 583. The van der Waals surface area contributed by atoms with Crippen molar-refractivity contribution in [3.8, 4) is 0 Å². The van der Waals surface area contributed by atoms with E-state index in [1.54, 1.807) is 17.7 Å². The van der Waals surface area contributed by atoms with Crippen LogP contribution in [0, 0.1) is 5.92 Å². The number of anilines is 1. The van der Waals surface area contributed by atoms with Crippen LogP contribution in [-0.2, 0) is 6.42 Å². The number of nitrogens with zero attached hydrogens (tertiary/aromatic N) is 3. The van der Waals surface area contributed by atoms with Crippen LogP contribution in [0.4, 0.5) is 5.82 Å². The van der Waals surface area contributed by atoms with Gasteiger partial charge in [-0.2, -0.15) is 0 Å². The lowest BCUT2D eigenvalue weighted by Gasteiger charge is -2.35. The summed E-state index contributed by atoms with van der Waals surface area (Å²) >= 11 is 5.55. The molecular weight excluding hydrogens is 322 g/mol. The van der Waals surface area contributed by atoms with Crippen LogP contribution >= 0.6 is 27.3 Å². The molecule has 0 radical (unpaired) electrons. The fourth-order valence-corrected chi connectivity index (χ4v) is 3.93. The van der Waals surface area contributed by atoms with Crippen LogP contribution in [0.25, 0.3) is 10.2 Å². The lowest BCUT2D eigenvalue weighted by atomic mass is 10.00. The van der Waals surface area contributed by atoms with Crippen LogP contribution in [-0.4, -0.2) is 27.9 Å². The molecule has 102 valence electrons. The van der Waals surface area contributed by atoms with E-state index in [2.05, 4.69) is 50.7 Å². The van der Waals surface area contributed by atoms with Crippen molar-refractivity contribution in [1.82, 2.24) is 9.97 Å². The second-order valence-corrected chi connectivity index (χ2v) is 7.50. The molecule has 1 saturated heterocycles. The van der Waals surface area contributed by atoms with Gasteiger partial charge in [0.05, 0.1) is 5.39 Å². The van der Waals surface area contributed by atoms with Crippen LogP contribution in [0.15, 0.2) is 12.4 Å². The Hall–Kier alpha value is -0.680. The van der Waals surface area contributed by atoms with Crippen LogP contribution < -0.4 is 4.90 Å². The summed E-state index contributed by atoms with van der Waals surface area (Å²) in [7, 11) is 0. The summed E-state index contributed by atoms with van der Waals surface area (Å²) in [6.07, 6.45) is 3.95. The van der Waals surface area contributed by atoms with Gasteiger partial charge in [-0.25, -0.2) is 9.97 Å². The van der Waals surface area contributed by atoms with E-state index in [4.69, 9.17) is 0 Å². The first-order valence-corrected chi connectivity index (χ1v) is 8.54. The van der Waals surface area contributed by atoms with E-state index in [0.29, 0.717) is 10.7 Å². The Labute approximate surface area is 126 Å². The van der Waals surface area contributed by atoms with Gasteiger partial charge in [-0.3, -0.25) is 0 Å². The SMILES string of the molecule is CCc1cc2c(N3CCC(Br)C(C)C3)ncnc2s1. The lowest BCUT2D eigenvalue weighted by molar-refractivity contribution is 0.464. The van der Waals surface area contributed by atoms with E-state index < -0.39 is 0 Å². The van der Waals surface area contributed by atoms with Gasteiger partial charge >= 0.3 is 0 Å². The van der Waals surface area contributed by atoms with Crippen molar-refractivity contribution in [2.75, 3.05) is 18.0 Å². The monoisotopic (exact) mass is 339 g/mol. The first kappa shape index (κ1) is 13.3. The number of aromatic nitrogens is 2. The van der Waals surface area contributed by atoms with E-state index in [9.17, 15) is 0 Å². The predicted octanol–water partition coefficient (Wildman–Crippen LogP) is 3.86. The molecule has 0 spiro atoms. The van der Waals surface area contributed by atoms with Gasteiger partial charge in [0.2, 0.25) is 0 Å². The van der Waals surface area contributed by atoms with E-state index in [0.717, 1.165) is 30.2 Å². The van der Waals surface area contributed by atoms with Gasteiger partial charge in [0.25, 0.3) is 0 Å². The van der Waals surface area contributed by atoms with Crippen molar-refractivity contribution in [1.29, 1.82) is 0 Å². The predicted molar refractivity (Wildman–Crippen MR) is 85.5 cm³/mol. The van der Waals surface area contributed by atoms with Gasteiger partial charge in [-0.05, 0) is 24.8 Å². The van der Waals surface area contributed by atoms with Crippen LogP contribution in [0.1, 0.15) is 25.1 Å². The molecule has 19 heavy (non-hydrogen) atoms. The van der Waals surface area contributed by atoms with Gasteiger partial charge in [-0.1, -0.05) is 29.8 Å². The van der Waals surface area contributed by atoms with Crippen molar-refractivity contribution < 1.29 is 0 Å². The van der Waals surface area contributed by atoms with Gasteiger partial charge in [0.15, 0.2) is 0 Å². The molecule has 0 amide bonds. The summed E-state index contributed by atoms with van der Waals surface area (Å²) in [5, 5.41) is 1.23. The minimum Gasteiger partial charge on any atom is -0.356 e. The zero-order valence-corrected chi connectivity index (χ0v) is 13.7. The third-order valence-electron chi connectivity index (χ3n) is 3.81. The van der Waals surface area contributed by atoms with E-state index in [1.165, 1.54) is 16.7 Å². The minimum absolute atomic E-state index is 0.634. The average molecular weight is 340 g/mol. The summed E-state index contributed by atoms with van der Waals surface area (Å²) in [5.41, 5.74) is 0. The molecule has 2 unspecified atom stereocenters. The summed E-state index contributed by atoms with van der Waals surface area (Å²) in [4.78, 5) is 14.5. The van der Waals surface area contributed by atoms with Gasteiger partial charge in [-0.15, -0.1) is 11.3 Å². The van der Waals surface area contributed by atoms with Gasteiger partial charge in [0.1, 0.15) is 17.0 Å². The Balaban J connectivity index is 1.98. The average Bonchev–Trinajstić information content (AvgIpc) is 2.85. The molecule has 2 aromatic rings. The molecule has 3 nitrogen and oxygen atoms in total. The molecule has 0 bridgehead atoms. The molecule has 1 fully saturated rings. The largest absolute Gasteiger partial charge is 0.356 e. The maximum atomic E-state index is 4.54. The highest BCUT2D eigenvalue weighted by atomic mass is 79.9. The fraction of sp³-hybridized carbons (Fsp3) is 0.571. The summed E-state index contributed by atoms with van der Waals surface area (Å²) < 4.78 is 0. The van der Waals surface area contributed by atoms with E-state index in [-0.39, 0.29) is 0 Å². The van der Waals surface area contributed by atoms with Crippen molar-refractivity contribution in [3.63, 3.8) is 0 Å². The standard InChI is InChI=1S/C14H18BrN3S/c1-3-10-6-11-13(16-8-17-14(11)19-10)18-5-4-12(15)9(2)7-18/h6,8-9,12H,3-5,7H2,1-2H3. The van der Waals surface area contributed by atoms with E-state index >= 15 is 0 Å². The molecule has 2 aromatic heterocycles. The third kappa shape index (κ3) is 2.50. The molecule has 1 aliphatic rings. The number of alkyl halides is 1. The molecule has 3 heterocycles. The van der Waals surface area contributed by atoms with Crippen LogP contribution in [0.3, 0.4) is 0 Å². The molecule has 5 heteroatoms. The number of aryl methyl sites for hydroxylation is 1. The zero-order chi connectivity index (χ0) is 13.4. The maximum absolute atomic E-state index is 4.54. The molecule has 0 saturated carbocycles. The van der Waals surface area contributed by atoms with Crippen molar-refractivity contribution in [2.24, 2.45) is 5.92 Å². The number of piperidine rings is 1. The van der Waals surface area contributed by atoms with Gasteiger partial charge < -0.3 is 4.90 Å². The number of fused-ring (bicyclic) bond motifs is 1. The van der Waals surface area contributed by atoms with Crippen LogP contribution in [0.5, 0.6) is 0 Å². The number of halogens is 1. The Morgan fingerprint density at radius 3 is 3.05 bits per heavy atom. The number of rotatable bonds is 2. The Morgan fingerprint density at radius 2 is 2.32 bits per heavy atom. The molecule has 0 N–H and O–H groups in total. The summed E-state index contributed by atoms with van der Waals surface area (Å²) in [6.45, 7) is 6.63. The minimum atomic E-state index is 0.634. The molecule has 0 aliphatic carbocycles. The molecule has 3 rings (SSSR count). The molecular formula is C14H18BrN3S. The highest BCUT2D eigenvalue weighted by Gasteiger charge is 2.26. The number of hydrogen-bond acceptors (Lipinski definition) is 4. The van der Waals surface area contributed by atoms with Crippen LogP contribution in [0.2, 0.25) is 0 Å². The topological polar surface area (TPSA) is 29.0 Å². The third-order valence-corrected chi connectivity index (χ3v) is 6.36. The fourth-order valence-electron chi connectivity index (χ4n) is 2.63. The Kier molecular flexibility index (Phi) is 3.76. The van der Waals surface area contributed by atoms with E-state index in [1.807, 2.05) is 0 Å². The normalized spacial score (nSPS) is 24.1. The van der Waals surface area contributed by atoms with Gasteiger partial charge in [0, 0.05) is 22.8 Å². The number of thiophene rings is 1. The zero-order valence-electron chi connectivity index (χ0n) is 11.3. The first-order chi connectivity index (χ1) is 9.19. The van der Waals surface area contributed by atoms with Crippen molar-refractivity contribution >= 4 is 43.3 Å². The maximum Gasteiger partial charge on any atom is 0.140 e. The molecule has 2 atom stereocenters. The molecule has 1 aliphatic heterocycles. The second kappa shape index (κ2) is 5.37. The second-order valence-electron chi connectivity index (χ2n) is 5.21. The van der Waals surface area contributed by atoms with Crippen molar-refractivity contribution in [2.45, 2.75) is 31.5 Å². The quantitative estimate of drug-likeness (QED) is 0.778. The first-order valence-electron chi connectivity index (χ1n) is 6.81. The Morgan fingerprint density at radius 1 is 1.47 bits per heavy atom. The summed E-state index contributed by atoms with van der Waals surface area (Å²) in [5.74, 6) is 1.77. The highest BCUT2D eigenvalue weighted by Crippen LogP contribution is 2.33. The highest BCUT2D eigenvalue weighted by molar-refractivity contribution is 9.09. The molecule has 0 aromatic carbocycles. The number of hydrogen-bond donors (Lipinski definition) is 0.